The fourth-order valence-corrected chi connectivity index (χ4v) is 2.37. The van der Waals surface area contributed by atoms with Crippen molar-refractivity contribution in [1.82, 2.24) is 0 Å². The molecule has 1 aliphatic heterocycles. The van der Waals surface area contributed by atoms with Crippen molar-refractivity contribution in [2.45, 2.75) is 18.9 Å². The summed E-state index contributed by atoms with van der Waals surface area (Å²) in [7, 11) is 1.78. The van der Waals surface area contributed by atoms with Gasteiger partial charge in [0.1, 0.15) is 0 Å². The van der Waals surface area contributed by atoms with Crippen LogP contribution in [-0.4, -0.2) is 26.3 Å². The molecule has 1 aromatic rings. The fraction of sp³-hybridized carbons (Fsp3) is 0.500. The van der Waals surface area contributed by atoms with Crippen LogP contribution in [0.3, 0.4) is 0 Å². The predicted octanol–water partition coefficient (Wildman–Crippen LogP) is 2.54. The van der Waals surface area contributed by atoms with Gasteiger partial charge in [0.2, 0.25) is 0 Å². The number of hydrogen-bond donors (Lipinski definition) is 1. The smallest absolute Gasteiger partial charge is 0.0605 e. The molecule has 2 rings (SSSR count). The number of anilines is 2. The van der Waals surface area contributed by atoms with Crippen LogP contribution in [0.2, 0.25) is 5.02 Å². The van der Waals surface area contributed by atoms with Crippen molar-refractivity contribution >= 4 is 23.0 Å². The lowest BCUT2D eigenvalue weighted by Crippen LogP contribution is -2.36. The fourth-order valence-electron chi connectivity index (χ4n) is 2.13. The molecule has 3 nitrogen and oxygen atoms in total. The number of rotatable bonds is 2. The Morgan fingerprint density at radius 3 is 2.56 bits per heavy atom. The summed E-state index contributed by atoms with van der Waals surface area (Å²) < 4.78 is 5.35. The van der Waals surface area contributed by atoms with Crippen LogP contribution < -0.4 is 10.6 Å². The van der Waals surface area contributed by atoms with Gasteiger partial charge in [-0.05, 0) is 31.0 Å². The van der Waals surface area contributed by atoms with Crippen molar-refractivity contribution in [3.63, 3.8) is 0 Å². The van der Waals surface area contributed by atoms with Crippen molar-refractivity contribution < 1.29 is 4.74 Å². The Morgan fingerprint density at radius 2 is 2.00 bits per heavy atom. The van der Waals surface area contributed by atoms with Gasteiger partial charge >= 0.3 is 0 Å². The Kier molecular flexibility index (Phi) is 3.56. The highest BCUT2D eigenvalue weighted by molar-refractivity contribution is 6.31. The molecule has 1 saturated heterocycles. The quantitative estimate of drug-likeness (QED) is 0.808. The van der Waals surface area contributed by atoms with Gasteiger partial charge in [-0.3, -0.25) is 0 Å². The molecule has 88 valence electrons. The lowest BCUT2D eigenvalue weighted by Gasteiger charge is -2.33. The largest absolute Gasteiger partial charge is 0.399 e. The molecule has 0 saturated carbocycles. The van der Waals surface area contributed by atoms with E-state index < -0.39 is 0 Å². The molecule has 2 N–H and O–H groups in total. The number of piperidine rings is 1. The van der Waals surface area contributed by atoms with Gasteiger partial charge < -0.3 is 15.4 Å². The van der Waals surface area contributed by atoms with Gasteiger partial charge in [-0.25, -0.2) is 0 Å². The van der Waals surface area contributed by atoms with E-state index in [1.165, 1.54) is 0 Å². The highest BCUT2D eigenvalue weighted by Gasteiger charge is 2.19. The first-order valence-corrected chi connectivity index (χ1v) is 5.90. The van der Waals surface area contributed by atoms with E-state index in [2.05, 4.69) is 4.90 Å². The van der Waals surface area contributed by atoms with Crippen LogP contribution in [0.4, 0.5) is 11.4 Å². The topological polar surface area (TPSA) is 38.5 Å². The Hall–Kier alpha value is -0.930. The van der Waals surface area contributed by atoms with Crippen molar-refractivity contribution in [2.24, 2.45) is 0 Å². The molecular weight excluding hydrogens is 224 g/mol. The summed E-state index contributed by atoms with van der Waals surface area (Å²) in [4.78, 5) is 2.30. The van der Waals surface area contributed by atoms with Gasteiger partial charge in [-0.1, -0.05) is 11.6 Å². The number of methoxy groups -OCH3 is 1. The second-order valence-corrected chi connectivity index (χ2v) is 4.60. The van der Waals surface area contributed by atoms with E-state index in [1.54, 1.807) is 13.2 Å². The lowest BCUT2D eigenvalue weighted by molar-refractivity contribution is 0.0819. The summed E-state index contributed by atoms with van der Waals surface area (Å²) in [5.41, 5.74) is 7.61. The third kappa shape index (κ3) is 2.60. The van der Waals surface area contributed by atoms with Gasteiger partial charge in [0.25, 0.3) is 0 Å². The number of hydrogen-bond acceptors (Lipinski definition) is 3. The molecule has 0 unspecified atom stereocenters. The minimum atomic E-state index is 0.396. The van der Waals surface area contributed by atoms with E-state index in [1.807, 2.05) is 12.1 Å². The molecule has 16 heavy (non-hydrogen) atoms. The monoisotopic (exact) mass is 240 g/mol. The van der Waals surface area contributed by atoms with Gasteiger partial charge in [0.15, 0.2) is 0 Å². The summed E-state index contributed by atoms with van der Waals surface area (Å²) in [6.45, 7) is 2.00. The minimum absolute atomic E-state index is 0.396. The molecule has 1 fully saturated rings. The summed E-state index contributed by atoms with van der Waals surface area (Å²) in [5.74, 6) is 0. The van der Waals surface area contributed by atoms with E-state index in [0.717, 1.165) is 37.3 Å². The van der Waals surface area contributed by atoms with Crippen molar-refractivity contribution in [1.29, 1.82) is 0 Å². The molecule has 4 heteroatoms. The number of ether oxygens (including phenoxy) is 1. The third-order valence-electron chi connectivity index (χ3n) is 3.05. The Morgan fingerprint density at radius 1 is 1.31 bits per heavy atom. The number of nitrogens with zero attached hydrogens (tertiary/aromatic N) is 1. The first-order valence-electron chi connectivity index (χ1n) is 5.53. The van der Waals surface area contributed by atoms with Crippen molar-refractivity contribution in [3.05, 3.63) is 23.2 Å². The standard InChI is InChI=1S/C12H17ClN2O/c1-16-12-2-4-15(5-3-12)11-7-9(13)6-10(14)8-11/h6-8,12H,2-5,14H2,1H3. The zero-order valence-electron chi connectivity index (χ0n) is 9.45. The summed E-state index contributed by atoms with van der Waals surface area (Å²) >= 11 is 5.99. The summed E-state index contributed by atoms with van der Waals surface area (Å²) in [6.07, 6.45) is 2.51. The number of nitrogens with two attached hydrogens (primary N) is 1. The van der Waals surface area contributed by atoms with Crippen LogP contribution in [-0.2, 0) is 4.74 Å². The molecule has 0 radical (unpaired) electrons. The molecule has 1 heterocycles. The Balaban J connectivity index is 2.08. The number of nitrogen functional groups attached to an aromatic ring is 1. The third-order valence-corrected chi connectivity index (χ3v) is 3.26. The average Bonchev–Trinajstić information content (AvgIpc) is 2.28. The lowest BCUT2D eigenvalue weighted by atomic mass is 10.1. The first-order chi connectivity index (χ1) is 7.69. The van der Waals surface area contributed by atoms with Crippen LogP contribution in [0, 0.1) is 0 Å². The Bertz CT molecular complexity index is 342. The zero-order chi connectivity index (χ0) is 11.5. The molecule has 0 spiro atoms. The van der Waals surface area contributed by atoms with E-state index >= 15 is 0 Å². The molecule has 0 atom stereocenters. The molecule has 1 aliphatic rings. The maximum Gasteiger partial charge on any atom is 0.0605 e. The van der Waals surface area contributed by atoms with Gasteiger partial charge in [0.05, 0.1) is 6.10 Å². The summed E-state index contributed by atoms with van der Waals surface area (Å²) in [6, 6.07) is 5.71. The second kappa shape index (κ2) is 4.93. The Labute approximate surface area is 101 Å². The second-order valence-electron chi connectivity index (χ2n) is 4.16. The molecule has 1 aromatic carbocycles. The molecule has 0 aromatic heterocycles. The average molecular weight is 241 g/mol. The predicted molar refractivity (Wildman–Crippen MR) is 68.1 cm³/mol. The molecule has 0 aliphatic carbocycles. The SMILES string of the molecule is COC1CCN(c2cc(N)cc(Cl)c2)CC1. The van der Waals surface area contributed by atoms with Crippen LogP contribution in [0.15, 0.2) is 18.2 Å². The van der Waals surface area contributed by atoms with Crippen LogP contribution in [0.5, 0.6) is 0 Å². The normalized spacial score (nSPS) is 17.8. The highest BCUT2D eigenvalue weighted by Crippen LogP contribution is 2.26. The van der Waals surface area contributed by atoms with E-state index in [4.69, 9.17) is 22.1 Å². The maximum absolute atomic E-state index is 5.99. The maximum atomic E-state index is 5.99. The van der Waals surface area contributed by atoms with Gasteiger partial charge in [-0.2, -0.15) is 0 Å². The highest BCUT2D eigenvalue weighted by atomic mass is 35.5. The van der Waals surface area contributed by atoms with E-state index in [9.17, 15) is 0 Å². The van der Waals surface area contributed by atoms with Crippen LogP contribution >= 0.6 is 11.6 Å². The van der Waals surface area contributed by atoms with Crippen molar-refractivity contribution in [3.8, 4) is 0 Å². The summed E-state index contributed by atoms with van der Waals surface area (Å²) in [5, 5.41) is 0.698. The molecule has 0 amide bonds. The minimum Gasteiger partial charge on any atom is -0.399 e. The first kappa shape index (κ1) is 11.6. The van der Waals surface area contributed by atoms with Gasteiger partial charge in [-0.15, -0.1) is 0 Å². The van der Waals surface area contributed by atoms with Crippen LogP contribution in [0.1, 0.15) is 12.8 Å². The number of halogens is 1. The van der Waals surface area contributed by atoms with Gasteiger partial charge in [0, 0.05) is 36.6 Å². The molecular formula is C12H17ClN2O. The van der Waals surface area contributed by atoms with E-state index in [0.29, 0.717) is 11.1 Å². The van der Waals surface area contributed by atoms with Crippen LogP contribution in [0.25, 0.3) is 0 Å². The van der Waals surface area contributed by atoms with Crippen molar-refractivity contribution in [2.75, 3.05) is 30.8 Å². The number of benzene rings is 1. The zero-order valence-corrected chi connectivity index (χ0v) is 10.2. The molecule has 0 bridgehead atoms. The van der Waals surface area contributed by atoms with E-state index in [-0.39, 0.29) is 0 Å².